The number of halogens is 1. The molecule has 0 spiro atoms. The number of nitrogens with zero attached hydrogens (tertiary/aromatic N) is 1. The predicted octanol–water partition coefficient (Wildman–Crippen LogP) is 2.85. The summed E-state index contributed by atoms with van der Waals surface area (Å²) in [7, 11) is 0. The lowest BCUT2D eigenvalue weighted by atomic mass is 10.2. The van der Waals surface area contributed by atoms with Crippen molar-refractivity contribution in [3.8, 4) is 0 Å². The first-order valence-corrected chi connectivity index (χ1v) is 4.87. The van der Waals surface area contributed by atoms with Crippen LogP contribution in [0.15, 0.2) is 30.5 Å². The molecule has 1 aromatic carbocycles. The summed E-state index contributed by atoms with van der Waals surface area (Å²) in [5.41, 5.74) is 1.36. The highest BCUT2D eigenvalue weighted by Gasteiger charge is 2.06. The lowest BCUT2D eigenvalue weighted by Crippen LogP contribution is -2.06. The van der Waals surface area contributed by atoms with E-state index in [1.165, 1.54) is 6.92 Å². The SMILES string of the molecule is CC(=O)Nc1cnc2ccccc2c1Cl. The van der Waals surface area contributed by atoms with Gasteiger partial charge in [0.15, 0.2) is 0 Å². The molecule has 0 atom stereocenters. The van der Waals surface area contributed by atoms with Crippen LogP contribution in [0.2, 0.25) is 5.02 Å². The van der Waals surface area contributed by atoms with Gasteiger partial charge in [0, 0.05) is 12.3 Å². The molecule has 2 aromatic rings. The standard InChI is InChI=1S/C11H9ClN2O/c1-7(15)14-10-6-13-9-5-3-2-4-8(9)11(10)12/h2-6H,1H3,(H,14,15). The van der Waals surface area contributed by atoms with Crippen molar-refractivity contribution in [2.45, 2.75) is 6.92 Å². The number of pyridine rings is 1. The molecule has 1 N–H and O–H groups in total. The average molecular weight is 221 g/mol. The van der Waals surface area contributed by atoms with E-state index < -0.39 is 0 Å². The fourth-order valence-electron chi connectivity index (χ4n) is 1.38. The van der Waals surface area contributed by atoms with Gasteiger partial charge in [-0.25, -0.2) is 0 Å². The molecule has 0 aliphatic heterocycles. The van der Waals surface area contributed by atoms with Crippen LogP contribution in [0, 0.1) is 0 Å². The second-order valence-corrected chi connectivity index (χ2v) is 3.56. The van der Waals surface area contributed by atoms with Crippen molar-refractivity contribution in [3.63, 3.8) is 0 Å². The topological polar surface area (TPSA) is 42.0 Å². The maximum Gasteiger partial charge on any atom is 0.221 e. The molecule has 0 unspecified atom stereocenters. The number of aromatic nitrogens is 1. The van der Waals surface area contributed by atoms with Gasteiger partial charge in [-0.15, -0.1) is 0 Å². The van der Waals surface area contributed by atoms with Crippen molar-refractivity contribution in [2.24, 2.45) is 0 Å². The number of hydrogen-bond donors (Lipinski definition) is 1. The van der Waals surface area contributed by atoms with Crippen molar-refractivity contribution < 1.29 is 4.79 Å². The van der Waals surface area contributed by atoms with Crippen LogP contribution in [0.3, 0.4) is 0 Å². The normalized spacial score (nSPS) is 10.3. The summed E-state index contributed by atoms with van der Waals surface area (Å²) in [4.78, 5) is 15.1. The van der Waals surface area contributed by atoms with E-state index >= 15 is 0 Å². The lowest BCUT2D eigenvalue weighted by molar-refractivity contribution is -0.114. The zero-order valence-corrected chi connectivity index (χ0v) is 8.88. The molecule has 0 bridgehead atoms. The number of rotatable bonds is 1. The fourth-order valence-corrected chi connectivity index (χ4v) is 1.64. The number of fused-ring (bicyclic) bond motifs is 1. The van der Waals surface area contributed by atoms with E-state index in [1.54, 1.807) is 6.20 Å². The summed E-state index contributed by atoms with van der Waals surface area (Å²) in [5.74, 6) is -0.158. The molecule has 0 fully saturated rings. The summed E-state index contributed by atoms with van der Waals surface area (Å²) in [6.07, 6.45) is 1.56. The Balaban J connectivity index is 2.59. The van der Waals surface area contributed by atoms with Crippen LogP contribution in [-0.4, -0.2) is 10.9 Å². The van der Waals surface area contributed by atoms with Gasteiger partial charge in [0.05, 0.1) is 22.4 Å². The van der Waals surface area contributed by atoms with Crippen LogP contribution in [0.4, 0.5) is 5.69 Å². The van der Waals surface area contributed by atoms with Gasteiger partial charge in [0.25, 0.3) is 0 Å². The third-order valence-electron chi connectivity index (χ3n) is 2.02. The molecular weight excluding hydrogens is 212 g/mol. The molecule has 2 rings (SSSR count). The highest BCUT2D eigenvalue weighted by atomic mass is 35.5. The minimum Gasteiger partial charge on any atom is -0.324 e. The molecule has 1 aromatic heterocycles. The summed E-state index contributed by atoms with van der Waals surface area (Å²) < 4.78 is 0. The predicted molar refractivity (Wildman–Crippen MR) is 61.1 cm³/mol. The number of hydrogen-bond acceptors (Lipinski definition) is 2. The van der Waals surface area contributed by atoms with Crippen molar-refractivity contribution >= 4 is 34.1 Å². The second-order valence-electron chi connectivity index (χ2n) is 3.18. The molecule has 3 nitrogen and oxygen atoms in total. The molecule has 4 heteroatoms. The van der Waals surface area contributed by atoms with Gasteiger partial charge in [-0.05, 0) is 6.07 Å². The maximum absolute atomic E-state index is 10.9. The number of amides is 1. The van der Waals surface area contributed by atoms with Gasteiger partial charge < -0.3 is 5.32 Å². The Kier molecular flexibility index (Phi) is 2.56. The Morgan fingerprint density at radius 2 is 2.13 bits per heavy atom. The Bertz CT molecular complexity index is 525. The summed E-state index contributed by atoms with van der Waals surface area (Å²) in [6, 6.07) is 7.52. The molecule has 15 heavy (non-hydrogen) atoms. The number of nitrogens with one attached hydrogen (secondary N) is 1. The number of anilines is 1. The Hall–Kier alpha value is -1.61. The van der Waals surface area contributed by atoms with Crippen molar-refractivity contribution in [3.05, 3.63) is 35.5 Å². The summed E-state index contributed by atoms with van der Waals surface area (Å²) >= 11 is 6.13. The first kappa shape index (κ1) is 9.93. The molecule has 1 amide bonds. The van der Waals surface area contributed by atoms with E-state index in [9.17, 15) is 4.79 Å². The summed E-state index contributed by atoms with van der Waals surface area (Å²) in [6.45, 7) is 1.44. The van der Waals surface area contributed by atoms with Crippen LogP contribution in [0.1, 0.15) is 6.92 Å². The van der Waals surface area contributed by atoms with Crippen LogP contribution in [-0.2, 0) is 4.79 Å². The van der Waals surface area contributed by atoms with Crippen LogP contribution in [0.5, 0.6) is 0 Å². The van der Waals surface area contributed by atoms with Gasteiger partial charge in [0.2, 0.25) is 5.91 Å². The Labute approximate surface area is 92.1 Å². The molecule has 0 saturated carbocycles. The maximum atomic E-state index is 10.9. The fraction of sp³-hybridized carbons (Fsp3) is 0.0909. The molecule has 0 saturated heterocycles. The molecule has 0 aliphatic rings. The van der Waals surface area contributed by atoms with Crippen LogP contribution >= 0.6 is 11.6 Å². The smallest absolute Gasteiger partial charge is 0.221 e. The largest absolute Gasteiger partial charge is 0.324 e. The Morgan fingerprint density at radius 1 is 1.40 bits per heavy atom. The van der Waals surface area contributed by atoms with E-state index in [4.69, 9.17) is 11.6 Å². The highest BCUT2D eigenvalue weighted by Crippen LogP contribution is 2.28. The van der Waals surface area contributed by atoms with E-state index in [0.29, 0.717) is 10.7 Å². The summed E-state index contributed by atoms with van der Waals surface area (Å²) in [5, 5.41) is 3.99. The molecule has 76 valence electrons. The lowest BCUT2D eigenvalue weighted by Gasteiger charge is -2.06. The molecule has 0 radical (unpaired) electrons. The van der Waals surface area contributed by atoms with Crippen molar-refractivity contribution in [1.29, 1.82) is 0 Å². The zero-order valence-electron chi connectivity index (χ0n) is 8.12. The van der Waals surface area contributed by atoms with Gasteiger partial charge in [-0.2, -0.15) is 0 Å². The van der Waals surface area contributed by atoms with Crippen LogP contribution in [0.25, 0.3) is 10.9 Å². The molecular formula is C11H9ClN2O. The van der Waals surface area contributed by atoms with Gasteiger partial charge in [-0.1, -0.05) is 29.8 Å². The van der Waals surface area contributed by atoms with E-state index in [-0.39, 0.29) is 5.91 Å². The third-order valence-corrected chi connectivity index (χ3v) is 2.43. The third kappa shape index (κ3) is 1.92. The number of carbonyl (C=O) groups excluding carboxylic acids is 1. The number of carbonyl (C=O) groups is 1. The Morgan fingerprint density at radius 3 is 2.87 bits per heavy atom. The highest BCUT2D eigenvalue weighted by molar-refractivity contribution is 6.38. The monoisotopic (exact) mass is 220 g/mol. The average Bonchev–Trinajstić information content (AvgIpc) is 2.22. The zero-order chi connectivity index (χ0) is 10.8. The first-order valence-electron chi connectivity index (χ1n) is 4.49. The van der Waals surface area contributed by atoms with Crippen molar-refractivity contribution in [1.82, 2.24) is 4.98 Å². The molecule has 0 aliphatic carbocycles. The molecule has 1 heterocycles. The van der Waals surface area contributed by atoms with Crippen molar-refractivity contribution in [2.75, 3.05) is 5.32 Å². The van der Waals surface area contributed by atoms with Gasteiger partial charge in [0.1, 0.15) is 0 Å². The second kappa shape index (κ2) is 3.87. The van der Waals surface area contributed by atoms with Gasteiger partial charge >= 0.3 is 0 Å². The van der Waals surface area contributed by atoms with Gasteiger partial charge in [-0.3, -0.25) is 9.78 Å². The quantitative estimate of drug-likeness (QED) is 0.803. The number of para-hydroxylation sites is 1. The van der Waals surface area contributed by atoms with Crippen LogP contribution < -0.4 is 5.32 Å². The van der Waals surface area contributed by atoms with E-state index in [2.05, 4.69) is 10.3 Å². The van der Waals surface area contributed by atoms with E-state index in [1.807, 2.05) is 24.3 Å². The number of benzene rings is 1. The van der Waals surface area contributed by atoms with E-state index in [0.717, 1.165) is 10.9 Å². The first-order chi connectivity index (χ1) is 7.18. The minimum absolute atomic E-state index is 0.158. The minimum atomic E-state index is -0.158.